The van der Waals surface area contributed by atoms with E-state index in [-0.39, 0.29) is 55.7 Å². The number of carbonyl (C=O) groups is 6. The summed E-state index contributed by atoms with van der Waals surface area (Å²) in [6.07, 6.45) is 0.852. The average Bonchev–Trinajstić information content (AvgIpc) is 3.32. The normalized spacial score (nSPS) is 12.5. The minimum absolute atomic E-state index is 0.0481. The van der Waals surface area contributed by atoms with E-state index in [4.69, 9.17) is 67.5 Å². The Morgan fingerprint density at radius 2 is 1.03 bits per heavy atom. The monoisotopic (exact) mass is 1060 g/mol. The van der Waals surface area contributed by atoms with Gasteiger partial charge < -0.3 is 30.7 Å². The quantitative estimate of drug-likeness (QED) is 0.0279. The highest BCUT2D eigenvalue weighted by atomic mass is 35.5. The molecule has 0 radical (unpaired) electrons. The van der Waals surface area contributed by atoms with Gasteiger partial charge in [-0.15, -0.1) is 34.8 Å². The molecule has 0 bridgehead atoms. The van der Waals surface area contributed by atoms with E-state index in [1.165, 1.54) is 61.5 Å². The molecule has 0 aliphatic carbocycles. The van der Waals surface area contributed by atoms with Crippen LogP contribution in [0.4, 0.5) is 34.1 Å². The number of halogens is 5. The Morgan fingerprint density at radius 1 is 0.577 bits per heavy atom. The molecule has 21 heteroatoms. The Morgan fingerprint density at radius 3 is 1.44 bits per heavy atom. The molecule has 3 unspecified atom stereocenters. The van der Waals surface area contributed by atoms with Crippen LogP contribution >= 0.6 is 58.0 Å². The minimum Gasteiger partial charge on any atom is -0.494 e. The zero-order valence-corrected chi connectivity index (χ0v) is 42.9. The van der Waals surface area contributed by atoms with Gasteiger partial charge in [0.25, 0.3) is 23.6 Å². The number of carbonyl (C=O) groups excluding carboxylic acids is 6. The summed E-state index contributed by atoms with van der Waals surface area (Å²) in [5.41, 5.74) is 3.44. The van der Waals surface area contributed by atoms with E-state index in [0.717, 1.165) is 6.92 Å². The number of azo groups is 2. The molecule has 0 aromatic heterocycles. The lowest BCUT2D eigenvalue weighted by atomic mass is 10.1. The van der Waals surface area contributed by atoms with Gasteiger partial charge in [-0.05, 0) is 132 Å². The van der Waals surface area contributed by atoms with Gasteiger partial charge in [0.2, 0.25) is 12.1 Å². The van der Waals surface area contributed by atoms with Gasteiger partial charge in [-0.1, -0.05) is 35.3 Å². The molecule has 5 aromatic carbocycles. The zero-order chi connectivity index (χ0) is 51.8. The SMILES string of the molecule is CCOc1cccc(NC(=O)c2cc(N=NC(C(C)=O)C(=O)Nc3ccc(NC(=O)C(N=Nc4ccc(Cl)c(C(=O)Nc5cccc(OCC)c5CCCl)c4)C(C)=O)c(C(C)Cl)c3)ccc2Cl)c1CCCl. The van der Waals surface area contributed by atoms with Crippen molar-refractivity contribution in [1.82, 2.24) is 0 Å². The van der Waals surface area contributed by atoms with Crippen LogP contribution in [-0.4, -0.2) is 72.3 Å². The number of hydrogen-bond donors (Lipinski definition) is 4. The second-order valence-electron chi connectivity index (χ2n) is 15.4. The summed E-state index contributed by atoms with van der Waals surface area (Å²) in [4.78, 5) is 79.5. The Bertz CT molecular complexity index is 2860. The fraction of sp³-hybridized carbons (Fsp3) is 0.280. The maximum atomic E-state index is 13.6. The smallest absolute Gasteiger partial charge is 0.258 e. The molecule has 16 nitrogen and oxygen atoms in total. The van der Waals surface area contributed by atoms with Crippen LogP contribution in [0.5, 0.6) is 11.5 Å². The van der Waals surface area contributed by atoms with Crippen molar-refractivity contribution in [3.63, 3.8) is 0 Å². The van der Waals surface area contributed by atoms with E-state index in [9.17, 15) is 28.8 Å². The van der Waals surface area contributed by atoms with E-state index in [2.05, 4.69) is 41.7 Å². The summed E-state index contributed by atoms with van der Waals surface area (Å²) in [6.45, 7) is 8.46. The fourth-order valence-electron chi connectivity index (χ4n) is 6.91. The van der Waals surface area contributed by atoms with Crippen molar-refractivity contribution in [2.24, 2.45) is 20.5 Å². The second-order valence-corrected chi connectivity index (χ2v) is 17.6. The van der Waals surface area contributed by atoms with Gasteiger partial charge >= 0.3 is 0 Å². The Labute approximate surface area is 435 Å². The zero-order valence-electron chi connectivity index (χ0n) is 39.1. The lowest BCUT2D eigenvalue weighted by Crippen LogP contribution is -2.32. The first kappa shape index (κ1) is 55.5. The van der Waals surface area contributed by atoms with Gasteiger partial charge in [-0.25, -0.2) is 0 Å². The molecule has 372 valence electrons. The van der Waals surface area contributed by atoms with Crippen LogP contribution in [0.1, 0.15) is 77.4 Å². The predicted molar refractivity (Wildman–Crippen MR) is 279 cm³/mol. The topological polar surface area (TPSA) is 218 Å². The first-order chi connectivity index (χ1) is 34.0. The predicted octanol–water partition coefficient (Wildman–Crippen LogP) is 12.5. The molecular formula is C50H49Cl5N8O8. The number of nitrogens with one attached hydrogen (secondary N) is 4. The van der Waals surface area contributed by atoms with E-state index in [1.54, 1.807) is 43.3 Å². The molecular weight excluding hydrogens is 1020 g/mol. The van der Waals surface area contributed by atoms with Crippen LogP contribution in [0.15, 0.2) is 111 Å². The van der Waals surface area contributed by atoms with Gasteiger partial charge in [-0.3, -0.25) is 28.8 Å². The van der Waals surface area contributed by atoms with Crippen molar-refractivity contribution < 1.29 is 38.2 Å². The van der Waals surface area contributed by atoms with Crippen molar-refractivity contribution in [1.29, 1.82) is 0 Å². The third kappa shape index (κ3) is 15.0. The highest BCUT2D eigenvalue weighted by Crippen LogP contribution is 2.34. The third-order valence-corrected chi connectivity index (χ3v) is 11.6. The van der Waals surface area contributed by atoms with E-state index in [1.807, 2.05) is 13.8 Å². The number of anilines is 4. The van der Waals surface area contributed by atoms with Crippen LogP contribution in [0.2, 0.25) is 10.0 Å². The maximum Gasteiger partial charge on any atom is 0.258 e. The number of hydrogen-bond acceptors (Lipinski definition) is 12. The molecule has 0 aliphatic rings. The van der Waals surface area contributed by atoms with Gasteiger partial charge in [0, 0.05) is 45.6 Å². The number of Topliss-reactive ketones (excluding diaryl/α,β-unsaturated/α-hetero) is 2. The molecule has 0 spiro atoms. The number of amides is 4. The molecule has 71 heavy (non-hydrogen) atoms. The largest absolute Gasteiger partial charge is 0.494 e. The molecule has 5 rings (SSSR count). The van der Waals surface area contributed by atoms with Crippen molar-refractivity contribution in [2.75, 3.05) is 46.2 Å². The second kappa shape index (κ2) is 26.7. The lowest BCUT2D eigenvalue weighted by Gasteiger charge is -2.17. The summed E-state index contributed by atoms with van der Waals surface area (Å²) >= 11 is 31.5. The number of nitrogens with zero attached hydrogens (tertiary/aromatic N) is 4. The van der Waals surface area contributed by atoms with E-state index >= 15 is 0 Å². The van der Waals surface area contributed by atoms with Crippen LogP contribution in [-0.2, 0) is 32.0 Å². The molecule has 0 saturated heterocycles. The summed E-state index contributed by atoms with van der Waals surface area (Å²) < 4.78 is 11.4. The number of ether oxygens (including phenoxy) is 2. The highest BCUT2D eigenvalue weighted by Gasteiger charge is 2.27. The summed E-state index contributed by atoms with van der Waals surface area (Å²) in [5, 5.41) is 26.7. The highest BCUT2D eigenvalue weighted by molar-refractivity contribution is 6.35. The van der Waals surface area contributed by atoms with Crippen molar-refractivity contribution >= 4 is 127 Å². The Kier molecular flexibility index (Phi) is 20.9. The molecule has 4 amide bonds. The molecule has 5 aromatic rings. The van der Waals surface area contributed by atoms with Gasteiger partial charge in [0.1, 0.15) is 11.5 Å². The Balaban J connectivity index is 1.29. The van der Waals surface area contributed by atoms with Crippen LogP contribution < -0.4 is 30.7 Å². The number of ketones is 2. The van der Waals surface area contributed by atoms with Gasteiger partial charge in [-0.2, -0.15) is 20.5 Å². The third-order valence-electron chi connectivity index (χ3n) is 10.3. The first-order valence-corrected chi connectivity index (χ1v) is 24.3. The number of rotatable bonds is 23. The summed E-state index contributed by atoms with van der Waals surface area (Å²) in [7, 11) is 0. The summed E-state index contributed by atoms with van der Waals surface area (Å²) in [5.74, 6) is -2.37. The van der Waals surface area contributed by atoms with Crippen LogP contribution in [0, 0.1) is 0 Å². The van der Waals surface area contributed by atoms with Crippen LogP contribution in [0.3, 0.4) is 0 Å². The molecule has 0 heterocycles. The maximum absolute atomic E-state index is 13.6. The van der Waals surface area contributed by atoms with Crippen molar-refractivity contribution in [2.45, 2.75) is 64.9 Å². The van der Waals surface area contributed by atoms with Gasteiger partial charge in [0.05, 0.1) is 51.1 Å². The van der Waals surface area contributed by atoms with E-state index < -0.39 is 52.7 Å². The van der Waals surface area contributed by atoms with Crippen molar-refractivity contribution in [3.05, 3.63) is 129 Å². The standard InChI is InChI=1S/C50H49Cl5N8O8/c1-6-70-43-12-8-10-40(33(43)20-22-51)57-47(66)36-25-31(14-17-38(36)54)60-62-45(28(4)64)49(68)56-30-16-19-42(35(24-30)27(3)53)59-50(69)46(29(5)65)63-61-32-15-18-39(55)37(26-32)48(67)58-41-11-9-13-44(71-7-2)34(41)21-23-52/h8-19,24-27,45-46H,6-7,20-23H2,1-5H3,(H,56,68)(H,57,66)(H,58,67)(H,59,69). The molecule has 0 saturated carbocycles. The Hall–Kier alpha value is -6.43. The molecule has 4 N–H and O–H groups in total. The fourth-order valence-corrected chi connectivity index (χ4v) is 7.88. The average molecular weight is 1070 g/mol. The summed E-state index contributed by atoms with van der Waals surface area (Å²) in [6, 6.07) is 20.1. The minimum atomic E-state index is -1.63. The lowest BCUT2D eigenvalue weighted by molar-refractivity contribution is -0.127. The number of benzene rings is 5. The molecule has 3 atom stereocenters. The number of alkyl halides is 3. The van der Waals surface area contributed by atoms with Gasteiger partial charge in [0.15, 0.2) is 11.6 Å². The van der Waals surface area contributed by atoms with Crippen LogP contribution in [0.25, 0.3) is 0 Å². The first-order valence-electron chi connectivity index (χ1n) is 22.0. The van der Waals surface area contributed by atoms with Crippen molar-refractivity contribution in [3.8, 4) is 11.5 Å². The molecule has 0 aliphatic heterocycles. The van der Waals surface area contributed by atoms with E-state index in [0.29, 0.717) is 65.6 Å². The molecule has 0 fully saturated rings.